The lowest BCUT2D eigenvalue weighted by Crippen LogP contribution is -2.12. The van der Waals surface area contributed by atoms with E-state index >= 15 is 0 Å². The van der Waals surface area contributed by atoms with Crippen molar-refractivity contribution < 1.29 is 0 Å². The van der Waals surface area contributed by atoms with E-state index in [-0.39, 0.29) is 0 Å². The predicted molar refractivity (Wildman–Crippen MR) is 131 cm³/mol. The summed E-state index contributed by atoms with van der Waals surface area (Å²) in [5.41, 5.74) is 5.32. The maximum atomic E-state index is 6.45. The fraction of sp³-hybridized carbons (Fsp3) is 0.517. The molecule has 1 heteroatoms. The van der Waals surface area contributed by atoms with Gasteiger partial charge in [0, 0.05) is 16.5 Å². The van der Waals surface area contributed by atoms with Gasteiger partial charge in [-0.1, -0.05) is 86.9 Å². The Morgan fingerprint density at radius 2 is 1.57 bits per heavy atom. The standard InChI is InChI=1S/C29H37Cl/c1-3-5-7-8-23-12-17-26(18-13-23)27-19-14-24(15-20-27)10-11-25-16-21-28(9-6-4-2)29(30)22-25/h12-13,16-18,21-22,24,27H,3-9,14-15,19-20H2,1-2H3/t24-,27-. The highest BCUT2D eigenvalue weighted by Gasteiger charge is 2.21. The molecule has 0 unspecified atom stereocenters. The van der Waals surface area contributed by atoms with E-state index < -0.39 is 0 Å². The molecule has 0 aromatic heterocycles. The Balaban J connectivity index is 1.50. The van der Waals surface area contributed by atoms with Crippen molar-refractivity contribution >= 4 is 11.6 Å². The van der Waals surface area contributed by atoms with Crippen LogP contribution in [-0.2, 0) is 12.8 Å². The van der Waals surface area contributed by atoms with Gasteiger partial charge in [0.05, 0.1) is 0 Å². The van der Waals surface area contributed by atoms with Crippen molar-refractivity contribution in [3.8, 4) is 11.8 Å². The molecule has 0 nitrogen and oxygen atoms in total. The van der Waals surface area contributed by atoms with Gasteiger partial charge < -0.3 is 0 Å². The summed E-state index contributed by atoms with van der Waals surface area (Å²) >= 11 is 6.45. The first kappa shape index (κ1) is 23.0. The number of unbranched alkanes of at least 4 members (excludes halogenated alkanes) is 3. The molecule has 0 spiro atoms. The fourth-order valence-electron chi connectivity index (χ4n) is 4.49. The van der Waals surface area contributed by atoms with E-state index in [1.165, 1.54) is 80.9 Å². The molecule has 3 rings (SSSR count). The second kappa shape index (κ2) is 12.2. The van der Waals surface area contributed by atoms with E-state index in [0.717, 1.165) is 17.0 Å². The van der Waals surface area contributed by atoms with Gasteiger partial charge in [-0.25, -0.2) is 0 Å². The third-order valence-corrected chi connectivity index (χ3v) is 6.87. The Bertz CT molecular complexity index is 829. The van der Waals surface area contributed by atoms with Crippen LogP contribution in [0.3, 0.4) is 0 Å². The smallest absolute Gasteiger partial charge is 0.0450 e. The van der Waals surface area contributed by atoms with Gasteiger partial charge in [-0.3, -0.25) is 0 Å². The Morgan fingerprint density at radius 1 is 0.833 bits per heavy atom. The van der Waals surface area contributed by atoms with Crippen LogP contribution in [0.15, 0.2) is 42.5 Å². The average Bonchev–Trinajstić information content (AvgIpc) is 2.78. The summed E-state index contributed by atoms with van der Waals surface area (Å²) in [7, 11) is 0. The van der Waals surface area contributed by atoms with Crippen molar-refractivity contribution in [2.45, 2.75) is 90.4 Å². The molecular weight excluding hydrogens is 384 g/mol. The first-order valence-corrected chi connectivity index (χ1v) is 12.5. The van der Waals surface area contributed by atoms with Crippen molar-refractivity contribution in [1.29, 1.82) is 0 Å². The molecular formula is C29H37Cl. The van der Waals surface area contributed by atoms with Crippen molar-refractivity contribution in [3.63, 3.8) is 0 Å². The first-order valence-electron chi connectivity index (χ1n) is 12.1. The molecule has 0 N–H and O–H groups in total. The van der Waals surface area contributed by atoms with Crippen LogP contribution in [0.2, 0.25) is 5.02 Å². The lowest BCUT2D eigenvalue weighted by Gasteiger charge is -2.26. The molecule has 0 amide bonds. The zero-order chi connectivity index (χ0) is 21.2. The summed E-state index contributed by atoms with van der Waals surface area (Å²) in [5, 5.41) is 0.872. The molecule has 2 aromatic rings. The summed E-state index contributed by atoms with van der Waals surface area (Å²) in [5.74, 6) is 8.15. The molecule has 1 saturated carbocycles. The molecule has 0 saturated heterocycles. The molecule has 0 aliphatic heterocycles. The van der Waals surface area contributed by atoms with Gasteiger partial charge in [0.25, 0.3) is 0 Å². The van der Waals surface area contributed by atoms with Crippen LogP contribution in [0.25, 0.3) is 0 Å². The van der Waals surface area contributed by atoms with Crippen molar-refractivity contribution in [2.24, 2.45) is 5.92 Å². The van der Waals surface area contributed by atoms with Gasteiger partial charge in [0.2, 0.25) is 0 Å². The molecule has 0 heterocycles. The van der Waals surface area contributed by atoms with Crippen molar-refractivity contribution in [3.05, 3.63) is 69.7 Å². The minimum atomic E-state index is 0.521. The van der Waals surface area contributed by atoms with Crippen LogP contribution in [0.4, 0.5) is 0 Å². The SMILES string of the molecule is CCCCCc1ccc([C@H]2CC[C@H](C#Cc3ccc(CCCC)c(Cl)c3)CC2)cc1. The van der Waals surface area contributed by atoms with Crippen LogP contribution < -0.4 is 0 Å². The first-order chi connectivity index (χ1) is 14.7. The molecule has 0 bridgehead atoms. The maximum absolute atomic E-state index is 6.45. The maximum Gasteiger partial charge on any atom is 0.0450 e. The third-order valence-electron chi connectivity index (χ3n) is 6.52. The second-order valence-electron chi connectivity index (χ2n) is 8.93. The number of rotatable bonds is 8. The average molecular weight is 421 g/mol. The Kier molecular flexibility index (Phi) is 9.35. The highest BCUT2D eigenvalue weighted by molar-refractivity contribution is 6.31. The van der Waals surface area contributed by atoms with Crippen LogP contribution in [0.5, 0.6) is 0 Å². The molecule has 30 heavy (non-hydrogen) atoms. The van der Waals surface area contributed by atoms with Crippen LogP contribution in [0, 0.1) is 17.8 Å². The van der Waals surface area contributed by atoms with E-state index in [1.54, 1.807) is 0 Å². The summed E-state index contributed by atoms with van der Waals surface area (Å²) in [6.07, 6.45) is 13.5. The quantitative estimate of drug-likeness (QED) is 0.295. The molecule has 0 radical (unpaired) electrons. The number of hydrogen-bond donors (Lipinski definition) is 0. The van der Waals surface area contributed by atoms with Crippen molar-refractivity contribution in [1.82, 2.24) is 0 Å². The van der Waals surface area contributed by atoms with E-state index in [4.69, 9.17) is 11.6 Å². The van der Waals surface area contributed by atoms with E-state index in [1.807, 2.05) is 6.07 Å². The molecule has 1 aliphatic rings. The third kappa shape index (κ3) is 6.92. The number of aryl methyl sites for hydroxylation is 2. The number of hydrogen-bond acceptors (Lipinski definition) is 0. The molecule has 0 atom stereocenters. The van der Waals surface area contributed by atoms with Gasteiger partial charge in [0.1, 0.15) is 0 Å². The van der Waals surface area contributed by atoms with Crippen LogP contribution in [0.1, 0.15) is 99.8 Å². The summed E-state index contributed by atoms with van der Waals surface area (Å²) in [6.45, 7) is 4.48. The molecule has 1 aliphatic carbocycles. The minimum Gasteiger partial charge on any atom is -0.0945 e. The summed E-state index contributed by atoms with van der Waals surface area (Å²) < 4.78 is 0. The fourth-order valence-corrected chi connectivity index (χ4v) is 4.76. The summed E-state index contributed by atoms with van der Waals surface area (Å²) in [6, 6.07) is 15.8. The van der Waals surface area contributed by atoms with Gasteiger partial charge in [0.15, 0.2) is 0 Å². The van der Waals surface area contributed by atoms with E-state index in [2.05, 4.69) is 62.1 Å². The lowest BCUT2D eigenvalue weighted by atomic mass is 9.78. The largest absolute Gasteiger partial charge is 0.0945 e. The Hall–Kier alpha value is -1.71. The second-order valence-corrected chi connectivity index (χ2v) is 9.33. The topological polar surface area (TPSA) is 0 Å². The number of benzene rings is 2. The van der Waals surface area contributed by atoms with Crippen LogP contribution in [-0.4, -0.2) is 0 Å². The van der Waals surface area contributed by atoms with Gasteiger partial charge in [-0.15, -0.1) is 0 Å². The molecule has 160 valence electrons. The summed E-state index contributed by atoms with van der Waals surface area (Å²) in [4.78, 5) is 0. The van der Waals surface area contributed by atoms with Gasteiger partial charge >= 0.3 is 0 Å². The zero-order valence-corrected chi connectivity index (χ0v) is 19.6. The van der Waals surface area contributed by atoms with Crippen molar-refractivity contribution in [2.75, 3.05) is 0 Å². The number of halogens is 1. The highest BCUT2D eigenvalue weighted by atomic mass is 35.5. The lowest BCUT2D eigenvalue weighted by molar-refractivity contribution is 0.384. The zero-order valence-electron chi connectivity index (χ0n) is 18.9. The minimum absolute atomic E-state index is 0.521. The normalized spacial score (nSPS) is 18.6. The van der Waals surface area contributed by atoms with Gasteiger partial charge in [-0.2, -0.15) is 0 Å². The van der Waals surface area contributed by atoms with Crippen LogP contribution >= 0.6 is 11.6 Å². The molecule has 1 fully saturated rings. The Morgan fingerprint density at radius 3 is 2.23 bits per heavy atom. The predicted octanol–water partition coefficient (Wildman–Crippen LogP) is 8.74. The van der Waals surface area contributed by atoms with E-state index in [9.17, 15) is 0 Å². The van der Waals surface area contributed by atoms with E-state index in [0.29, 0.717) is 11.8 Å². The highest BCUT2D eigenvalue weighted by Crippen LogP contribution is 2.35. The Labute approximate surface area is 189 Å². The molecule has 2 aromatic carbocycles. The monoisotopic (exact) mass is 420 g/mol. The van der Waals surface area contributed by atoms with Gasteiger partial charge in [-0.05, 0) is 86.1 Å².